The molecule has 1 aliphatic rings. The summed E-state index contributed by atoms with van der Waals surface area (Å²) in [6, 6.07) is 0. The van der Waals surface area contributed by atoms with E-state index in [2.05, 4.69) is 5.10 Å². The Morgan fingerprint density at radius 1 is 1.54 bits per heavy atom. The average molecular weight is 380 g/mol. The number of sulfone groups is 1. The van der Waals surface area contributed by atoms with Gasteiger partial charge in [-0.2, -0.15) is 5.10 Å². The van der Waals surface area contributed by atoms with Gasteiger partial charge in [0.15, 0.2) is 15.6 Å². The predicted octanol–water partition coefficient (Wildman–Crippen LogP) is 0.598. The highest BCUT2D eigenvalue weighted by Gasteiger charge is 2.35. The molecular formula is C14H22ClN3O5S. The highest BCUT2D eigenvalue weighted by atomic mass is 35.5. The number of aromatic nitrogens is 2. The number of ether oxygens (including phenoxy) is 2. The summed E-state index contributed by atoms with van der Waals surface area (Å²) in [6.45, 7) is 4.20. The van der Waals surface area contributed by atoms with Crippen molar-refractivity contribution in [3.8, 4) is 0 Å². The minimum atomic E-state index is -3.44. The summed E-state index contributed by atoms with van der Waals surface area (Å²) >= 11 is 6.09. The first kappa shape index (κ1) is 19.2. The van der Waals surface area contributed by atoms with Crippen molar-refractivity contribution in [3.63, 3.8) is 0 Å². The molecular weight excluding hydrogens is 358 g/mol. The van der Waals surface area contributed by atoms with Gasteiger partial charge in [0.1, 0.15) is 17.6 Å². The quantitative estimate of drug-likeness (QED) is 0.718. The molecule has 0 unspecified atom stereocenters. The van der Waals surface area contributed by atoms with Crippen molar-refractivity contribution in [2.24, 2.45) is 7.05 Å². The third-order valence-electron chi connectivity index (χ3n) is 3.42. The number of nitrogens with zero attached hydrogens (tertiary/aromatic N) is 3. The maximum Gasteiger partial charge on any atom is 0.238 e. The first-order chi connectivity index (χ1) is 11.0. The average Bonchev–Trinajstić information content (AvgIpc) is 2.89. The van der Waals surface area contributed by atoms with Crippen LogP contribution in [0.5, 0.6) is 0 Å². The molecule has 1 aliphatic heterocycles. The summed E-state index contributed by atoms with van der Waals surface area (Å²) in [4.78, 5) is 13.8. The van der Waals surface area contributed by atoms with Crippen LogP contribution in [-0.2, 0) is 37.7 Å². The summed E-state index contributed by atoms with van der Waals surface area (Å²) in [5.41, 5.74) is 0.499. The molecule has 1 amide bonds. The lowest BCUT2D eigenvalue weighted by molar-refractivity contribution is -0.145. The molecule has 1 atom stereocenters. The second kappa shape index (κ2) is 6.99. The lowest BCUT2D eigenvalue weighted by Crippen LogP contribution is -2.41. The van der Waals surface area contributed by atoms with E-state index in [1.165, 1.54) is 9.58 Å². The van der Waals surface area contributed by atoms with Gasteiger partial charge in [0.2, 0.25) is 5.91 Å². The summed E-state index contributed by atoms with van der Waals surface area (Å²) in [5.74, 6) is -1.82. The first-order valence-electron chi connectivity index (χ1n) is 7.40. The fourth-order valence-corrected chi connectivity index (χ4v) is 3.33. The standard InChI is InChI=1S/C14H22ClN3O5S/c1-14(2)22-8-10(23-14)5-18(13(19)9-24(4,20)21)7-12-11(15)6-17(3)16-12/h6,10H,5,7-9H2,1-4H3/t10-/m1/s1. The Morgan fingerprint density at radius 2 is 2.21 bits per heavy atom. The van der Waals surface area contributed by atoms with Crippen LogP contribution >= 0.6 is 11.6 Å². The van der Waals surface area contributed by atoms with Crippen molar-refractivity contribution in [3.05, 3.63) is 16.9 Å². The second-order valence-electron chi connectivity index (χ2n) is 6.39. The molecule has 136 valence electrons. The van der Waals surface area contributed by atoms with Crippen molar-refractivity contribution < 1.29 is 22.7 Å². The summed E-state index contributed by atoms with van der Waals surface area (Å²) in [6.07, 6.45) is 2.30. The van der Waals surface area contributed by atoms with Gasteiger partial charge >= 0.3 is 0 Å². The third-order valence-corrected chi connectivity index (χ3v) is 4.51. The molecule has 0 bridgehead atoms. The minimum absolute atomic E-state index is 0.105. The summed E-state index contributed by atoms with van der Waals surface area (Å²) in [7, 11) is -1.73. The van der Waals surface area contributed by atoms with Crippen LogP contribution in [-0.4, -0.2) is 66.1 Å². The van der Waals surface area contributed by atoms with Gasteiger partial charge < -0.3 is 14.4 Å². The molecule has 0 spiro atoms. The highest BCUT2D eigenvalue weighted by Crippen LogP contribution is 2.24. The Bertz CT molecular complexity index is 716. The van der Waals surface area contributed by atoms with E-state index >= 15 is 0 Å². The van der Waals surface area contributed by atoms with Crippen molar-refractivity contribution >= 4 is 27.3 Å². The largest absolute Gasteiger partial charge is 0.348 e. The molecule has 1 fully saturated rings. The fraction of sp³-hybridized carbons (Fsp3) is 0.714. The van der Waals surface area contributed by atoms with Gasteiger partial charge in [-0.3, -0.25) is 9.48 Å². The monoisotopic (exact) mass is 379 g/mol. The van der Waals surface area contributed by atoms with Crippen LogP contribution in [0.1, 0.15) is 19.5 Å². The summed E-state index contributed by atoms with van der Waals surface area (Å²) < 4.78 is 35.7. The third kappa shape index (κ3) is 5.44. The molecule has 0 N–H and O–H groups in total. The minimum Gasteiger partial charge on any atom is -0.348 e. The SMILES string of the molecule is Cn1cc(Cl)c(CN(C[C@@H]2COC(C)(C)O2)C(=O)CS(C)(=O)=O)n1. The molecule has 0 radical (unpaired) electrons. The molecule has 1 aromatic rings. The van der Waals surface area contributed by atoms with E-state index in [4.69, 9.17) is 21.1 Å². The highest BCUT2D eigenvalue weighted by molar-refractivity contribution is 7.91. The second-order valence-corrected chi connectivity index (χ2v) is 8.94. The van der Waals surface area contributed by atoms with Gasteiger partial charge in [0, 0.05) is 26.0 Å². The van der Waals surface area contributed by atoms with Gasteiger partial charge in [0.25, 0.3) is 0 Å². The lowest BCUT2D eigenvalue weighted by atomic mass is 10.3. The van der Waals surface area contributed by atoms with Crippen LogP contribution < -0.4 is 0 Å². The predicted molar refractivity (Wildman–Crippen MR) is 88.2 cm³/mol. The zero-order chi connectivity index (χ0) is 18.1. The van der Waals surface area contributed by atoms with Crippen LogP contribution in [0.15, 0.2) is 6.20 Å². The van der Waals surface area contributed by atoms with E-state index in [0.717, 1.165) is 6.26 Å². The molecule has 24 heavy (non-hydrogen) atoms. The van der Waals surface area contributed by atoms with Crippen molar-refractivity contribution in [2.45, 2.75) is 32.3 Å². The zero-order valence-electron chi connectivity index (χ0n) is 14.2. The van der Waals surface area contributed by atoms with Gasteiger partial charge in [-0.1, -0.05) is 11.6 Å². The number of halogens is 1. The Morgan fingerprint density at radius 3 is 2.67 bits per heavy atom. The Labute approximate surface area is 146 Å². The molecule has 2 heterocycles. The van der Waals surface area contributed by atoms with E-state index in [1.807, 2.05) is 0 Å². The maximum absolute atomic E-state index is 12.4. The number of hydrogen-bond acceptors (Lipinski definition) is 6. The van der Waals surface area contributed by atoms with Crippen LogP contribution in [0.2, 0.25) is 5.02 Å². The van der Waals surface area contributed by atoms with Gasteiger partial charge in [-0.05, 0) is 13.8 Å². The van der Waals surface area contributed by atoms with Gasteiger partial charge in [-0.25, -0.2) is 8.42 Å². The van der Waals surface area contributed by atoms with Crippen molar-refractivity contribution in [1.29, 1.82) is 0 Å². The van der Waals surface area contributed by atoms with Crippen LogP contribution in [0.25, 0.3) is 0 Å². The zero-order valence-corrected chi connectivity index (χ0v) is 15.7. The fourth-order valence-electron chi connectivity index (χ4n) is 2.46. The summed E-state index contributed by atoms with van der Waals surface area (Å²) in [5, 5.41) is 4.62. The Hall–Kier alpha value is -1.16. The van der Waals surface area contributed by atoms with Crippen LogP contribution in [0.4, 0.5) is 0 Å². The number of hydrogen-bond donors (Lipinski definition) is 0. The van der Waals surface area contributed by atoms with Gasteiger partial charge in [-0.15, -0.1) is 0 Å². The molecule has 0 saturated carbocycles. The molecule has 0 aliphatic carbocycles. The van der Waals surface area contributed by atoms with Gasteiger partial charge in [0.05, 0.1) is 18.2 Å². The van der Waals surface area contributed by atoms with E-state index in [-0.39, 0.29) is 19.2 Å². The maximum atomic E-state index is 12.4. The van der Waals surface area contributed by atoms with E-state index in [1.54, 1.807) is 27.1 Å². The van der Waals surface area contributed by atoms with E-state index in [9.17, 15) is 13.2 Å². The number of amides is 1. The van der Waals surface area contributed by atoms with E-state index in [0.29, 0.717) is 17.3 Å². The van der Waals surface area contributed by atoms with Crippen LogP contribution in [0, 0.1) is 0 Å². The number of carbonyl (C=O) groups excluding carboxylic acids is 1. The van der Waals surface area contributed by atoms with Crippen molar-refractivity contribution in [2.75, 3.05) is 25.2 Å². The molecule has 0 aromatic carbocycles. The normalized spacial score (nSPS) is 20.3. The molecule has 2 rings (SSSR count). The van der Waals surface area contributed by atoms with Crippen LogP contribution in [0.3, 0.4) is 0 Å². The number of aryl methyl sites for hydroxylation is 1. The Kier molecular flexibility index (Phi) is 5.58. The molecule has 1 aromatic heterocycles. The molecule has 8 nitrogen and oxygen atoms in total. The van der Waals surface area contributed by atoms with E-state index < -0.39 is 27.3 Å². The topological polar surface area (TPSA) is 90.7 Å². The van der Waals surface area contributed by atoms with Crippen molar-refractivity contribution in [1.82, 2.24) is 14.7 Å². The Balaban J connectivity index is 2.14. The first-order valence-corrected chi connectivity index (χ1v) is 9.84. The number of rotatable bonds is 6. The smallest absolute Gasteiger partial charge is 0.238 e. The number of carbonyl (C=O) groups is 1. The molecule has 10 heteroatoms. The molecule has 1 saturated heterocycles. The lowest BCUT2D eigenvalue weighted by Gasteiger charge is -2.25.